The van der Waals surface area contributed by atoms with Crippen molar-refractivity contribution in [3.05, 3.63) is 88.1 Å². The zero-order valence-corrected chi connectivity index (χ0v) is 23.5. The van der Waals surface area contributed by atoms with Gasteiger partial charge in [-0.25, -0.2) is 9.37 Å². The molecule has 2 heterocycles. The number of imidazole rings is 1. The molecule has 0 radical (unpaired) electrons. The normalized spacial score (nSPS) is 17.4. The van der Waals surface area contributed by atoms with E-state index in [0.717, 1.165) is 56.9 Å². The third kappa shape index (κ3) is 4.53. The summed E-state index contributed by atoms with van der Waals surface area (Å²) in [5.41, 5.74) is 9.09. The summed E-state index contributed by atoms with van der Waals surface area (Å²) < 4.78 is 34.4. The summed E-state index contributed by atoms with van der Waals surface area (Å²) in [6.07, 6.45) is 3.35. The van der Waals surface area contributed by atoms with Gasteiger partial charge in [0.2, 0.25) is 0 Å². The standard InChI is InChI=1S/C33H33FN2O4/c1-18-12-21(28-16-36(4)20(3)35-28)13-19(2)32(18)25-8-10-27(34)33-26(25)9-11-29(33)40-23-6-7-24-22(14-31(37)38-5)17-39-30(24)15-23/h6-8,10,12-13,15-16,22,29H,9,11,14,17H2,1-5H3/t22-,29-/m1/s1. The van der Waals surface area contributed by atoms with Crippen LogP contribution in [0.1, 0.15) is 58.5 Å². The fourth-order valence-electron chi connectivity index (χ4n) is 6.21. The molecule has 40 heavy (non-hydrogen) atoms. The third-order valence-electron chi connectivity index (χ3n) is 8.27. The van der Waals surface area contributed by atoms with Crippen molar-refractivity contribution in [1.82, 2.24) is 9.55 Å². The lowest BCUT2D eigenvalue weighted by molar-refractivity contribution is -0.141. The number of aromatic nitrogens is 2. The molecule has 0 N–H and O–H groups in total. The van der Waals surface area contributed by atoms with E-state index >= 15 is 4.39 Å². The zero-order valence-electron chi connectivity index (χ0n) is 23.5. The van der Waals surface area contributed by atoms with E-state index in [9.17, 15) is 4.79 Å². The van der Waals surface area contributed by atoms with Gasteiger partial charge in [0.05, 0.1) is 25.8 Å². The molecule has 0 amide bonds. The molecule has 0 bridgehead atoms. The Morgan fingerprint density at radius 2 is 1.90 bits per heavy atom. The predicted molar refractivity (Wildman–Crippen MR) is 151 cm³/mol. The van der Waals surface area contributed by atoms with Crippen LogP contribution in [-0.2, 0) is 23.0 Å². The number of methoxy groups -OCH3 is 1. The first-order valence-corrected chi connectivity index (χ1v) is 13.7. The highest BCUT2D eigenvalue weighted by atomic mass is 19.1. The SMILES string of the molecule is COC(=O)C[C@@H]1COc2cc(O[C@@H]3CCc4c(-c5c(C)cc(-c6cn(C)c(C)n6)cc5C)ccc(F)c43)ccc21. The van der Waals surface area contributed by atoms with Crippen LogP contribution in [0.25, 0.3) is 22.4 Å². The van der Waals surface area contributed by atoms with Gasteiger partial charge in [-0.1, -0.05) is 12.1 Å². The average molecular weight is 541 g/mol. The number of carbonyl (C=O) groups excluding carboxylic acids is 1. The van der Waals surface area contributed by atoms with Gasteiger partial charge in [-0.2, -0.15) is 0 Å². The lowest BCUT2D eigenvalue weighted by Gasteiger charge is -2.19. The van der Waals surface area contributed by atoms with Crippen molar-refractivity contribution in [2.24, 2.45) is 7.05 Å². The molecule has 4 aromatic rings. The Balaban J connectivity index is 1.29. The molecule has 7 heteroatoms. The van der Waals surface area contributed by atoms with Gasteiger partial charge < -0.3 is 18.8 Å². The molecule has 1 aliphatic heterocycles. The van der Waals surface area contributed by atoms with Crippen LogP contribution in [0, 0.1) is 26.6 Å². The van der Waals surface area contributed by atoms with Crippen LogP contribution >= 0.6 is 0 Å². The van der Waals surface area contributed by atoms with Gasteiger partial charge in [0.15, 0.2) is 0 Å². The minimum atomic E-state index is -0.392. The van der Waals surface area contributed by atoms with Crippen LogP contribution in [0.5, 0.6) is 11.5 Å². The topological polar surface area (TPSA) is 62.6 Å². The van der Waals surface area contributed by atoms with Gasteiger partial charge in [0.25, 0.3) is 0 Å². The Morgan fingerprint density at radius 1 is 1.12 bits per heavy atom. The van der Waals surface area contributed by atoms with E-state index in [-0.39, 0.29) is 24.1 Å². The molecular weight excluding hydrogens is 507 g/mol. The highest BCUT2D eigenvalue weighted by Crippen LogP contribution is 2.45. The van der Waals surface area contributed by atoms with Crippen molar-refractivity contribution in [2.45, 2.75) is 52.1 Å². The lowest BCUT2D eigenvalue weighted by Crippen LogP contribution is -2.09. The van der Waals surface area contributed by atoms with E-state index in [1.54, 1.807) is 6.07 Å². The second-order valence-corrected chi connectivity index (χ2v) is 10.9. The van der Waals surface area contributed by atoms with Crippen LogP contribution in [0.15, 0.2) is 48.7 Å². The second-order valence-electron chi connectivity index (χ2n) is 10.9. The van der Waals surface area contributed by atoms with Crippen molar-refractivity contribution in [1.29, 1.82) is 0 Å². The van der Waals surface area contributed by atoms with E-state index in [2.05, 4.69) is 26.0 Å². The maximum absolute atomic E-state index is 15.3. The number of ether oxygens (including phenoxy) is 3. The van der Waals surface area contributed by atoms with Crippen LogP contribution in [0.3, 0.4) is 0 Å². The first-order valence-electron chi connectivity index (χ1n) is 13.7. The van der Waals surface area contributed by atoms with Gasteiger partial charge in [-0.3, -0.25) is 4.79 Å². The molecule has 0 unspecified atom stereocenters. The minimum Gasteiger partial charge on any atom is -0.492 e. The monoisotopic (exact) mass is 540 g/mol. The summed E-state index contributed by atoms with van der Waals surface area (Å²) >= 11 is 0. The maximum atomic E-state index is 15.3. The fraction of sp³-hybridized carbons (Fsp3) is 0.333. The van der Waals surface area contributed by atoms with Crippen LogP contribution in [-0.4, -0.2) is 29.2 Å². The molecule has 2 aliphatic rings. The number of aryl methyl sites for hydroxylation is 4. The third-order valence-corrected chi connectivity index (χ3v) is 8.27. The number of esters is 1. The van der Waals surface area contributed by atoms with E-state index in [1.807, 2.05) is 49.0 Å². The molecule has 0 saturated heterocycles. The average Bonchev–Trinajstić information content (AvgIpc) is 3.62. The van der Waals surface area contributed by atoms with E-state index in [4.69, 9.17) is 19.2 Å². The lowest BCUT2D eigenvalue weighted by atomic mass is 9.88. The number of hydrogen-bond donors (Lipinski definition) is 0. The van der Waals surface area contributed by atoms with Crippen molar-refractivity contribution in [3.63, 3.8) is 0 Å². The number of halogens is 1. The van der Waals surface area contributed by atoms with Gasteiger partial charge in [0, 0.05) is 41.9 Å². The van der Waals surface area contributed by atoms with E-state index in [1.165, 1.54) is 7.11 Å². The minimum absolute atomic E-state index is 0.0386. The molecule has 6 rings (SSSR count). The van der Waals surface area contributed by atoms with E-state index < -0.39 is 6.10 Å². The van der Waals surface area contributed by atoms with Gasteiger partial charge >= 0.3 is 5.97 Å². The number of rotatable bonds is 6. The summed E-state index contributed by atoms with van der Waals surface area (Å²) in [5, 5.41) is 0. The highest BCUT2D eigenvalue weighted by molar-refractivity contribution is 5.79. The second kappa shape index (κ2) is 10.1. The molecule has 2 atom stereocenters. The van der Waals surface area contributed by atoms with Crippen molar-refractivity contribution < 1.29 is 23.4 Å². The Morgan fingerprint density at radius 3 is 2.60 bits per heavy atom. The molecule has 206 valence electrons. The highest BCUT2D eigenvalue weighted by Gasteiger charge is 2.32. The molecule has 0 fully saturated rings. The van der Waals surface area contributed by atoms with Crippen LogP contribution in [0.2, 0.25) is 0 Å². The summed E-state index contributed by atoms with van der Waals surface area (Å²) in [6, 6.07) is 13.5. The van der Waals surface area contributed by atoms with Crippen molar-refractivity contribution >= 4 is 5.97 Å². The number of nitrogens with zero attached hydrogens (tertiary/aromatic N) is 2. The smallest absolute Gasteiger partial charge is 0.306 e. The number of fused-ring (bicyclic) bond motifs is 2. The molecule has 3 aromatic carbocycles. The number of carbonyl (C=O) groups is 1. The zero-order chi connectivity index (χ0) is 28.1. The first kappa shape index (κ1) is 26.1. The Hall–Kier alpha value is -4.13. The summed E-state index contributed by atoms with van der Waals surface area (Å²) in [6.45, 7) is 6.64. The summed E-state index contributed by atoms with van der Waals surface area (Å²) in [7, 11) is 3.39. The molecule has 0 saturated carbocycles. The van der Waals surface area contributed by atoms with E-state index in [0.29, 0.717) is 30.1 Å². The number of hydrogen-bond acceptors (Lipinski definition) is 5. The fourth-order valence-corrected chi connectivity index (χ4v) is 6.21. The Labute approximate surface area is 233 Å². The molecule has 1 aromatic heterocycles. The summed E-state index contributed by atoms with van der Waals surface area (Å²) in [4.78, 5) is 16.4. The van der Waals surface area contributed by atoms with Crippen LogP contribution in [0.4, 0.5) is 4.39 Å². The summed E-state index contributed by atoms with van der Waals surface area (Å²) in [5.74, 6) is 1.75. The maximum Gasteiger partial charge on any atom is 0.306 e. The van der Waals surface area contributed by atoms with Gasteiger partial charge in [0.1, 0.15) is 29.2 Å². The predicted octanol–water partition coefficient (Wildman–Crippen LogP) is 6.92. The van der Waals surface area contributed by atoms with Crippen molar-refractivity contribution in [3.8, 4) is 33.9 Å². The molecule has 0 spiro atoms. The van der Waals surface area contributed by atoms with Gasteiger partial charge in [-0.15, -0.1) is 0 Å². The Bertz CT molecular complexity index is 1600. The Kier molecular flexibility index (Phi) is 6.61. The molecule has 6 nitrogen and oxygen atoms in total. The first-order chi connectivity index (χ1) is 19.2. The molecule has 1 aliphatic carbocycles. The van der Waals surface area contributed by atoms with Crippen molar-refractivity contribution in [2.75, 3.05) is 13.7 Å². The quantitative estimate of drug-likeness (QED) is 0.248. The largest absolute Gasteiger partial charge is 0.492 e. The van der Waals surface area contributed by atoms with Gasteiger partial charge in [-0.05, 0) is 85.7 Å². The number of benzene rings is 3. The molecular formula is C33H33FN2O4. The van der Waals surface area contributed by atoms with Crippen LogP contribution < -0.4 is 9.47 Å².